The standard InChI is InChI=1S/C16H20N2O2S/c1-3-4-10-18(14-8-6-5-7-9-14)16-17-13(12-21-16)11-15(19)20-2/h5-9,12H,3-4,10-11H2,1-2H3. The van der Waals surface area contributed by atoms with Gasteiger partial charge in [0.25, 0.3) is 0 Å². The molecule has 0 unspecified atom stereocenters. The molecule has 0 atom stereocenters. The van der Waals surface area contributed by atoms with Gasteiger partial charge in [-0.25, -0.2) is 4.98 Å². The van der Waals surface area contributed by atoms with Gasteiger partial charge >= 0.3 is 5.97 Å². The van der Waals surface area contributed by atoms with Crippen LogP contribution in [-0.2, 0) is 16.0 Å². The molecule has 0 saturated carbocycles. The Morgan fingerprint density at radius 2 is 2.10 bits per heavy atom. The first-order valence-electron chi connectivity index (χ1n) is 7.08. The van der Waals surface area contributed by atoms with E-state index in [4.69, 9.17) is 0 Å². The molecule has 0 aliphatic rings. The van der Waals surface area contributed by atoms with Crippen molar-refractivity contribution in [2.24, 2.45) is 0 Å². The minimum Gasteiger partial charge on any atom is -0.469 e. The molecule has 1 aromatic carbocycles. The highest BCUT2D eigenvalue weighted by Crippen LogP contribution is 2.29. The summed E-state index contributed by atoms with van der Waals surface area (Å²) in [5, 5.41) is 2.85. The van der Waals surface area contributed by atoms with E-state index in [0.717, 1.165) is 35.9 Å². The van der Waals surface area contributed by atoms with Crippen LogP contribution in [0.25, 0.3) is 0 Å². The quantitative estimate of drug-likeness (QED) is 0.730. The molecule has 0 fully saturated rings. The molecule has 0 saturated heterocycles. The summed E-state index contributed by atoms with van der Waals surface area (Å²) in [6, 6.07) is 10.2. The predicted molar refractivity (Wildman–Crippen MR) is 86.2 cm³/mol. The first-order chi connectivity index (χ1) is 10.2. The van der Waals surface area contributed by atoms with E-state index in [-0.39, 0.29) is 12.4 Å². The molecule has 0 spiro atoms. The van der Waals surface area contributed by atoms with Gasteiger partial charge in [-0.15, -0.1) is 11.3 Å². The summed E-state index contributed by atoms with van der Waals surface area (Å²) in [5.41, 5.74) is 1.89. The summed E-state index contributed by atoms with van der Waals surface area (Å²) in [7, 11) is 1.40. The van der Waals surface area contributed by atoms with Gasteiger partial charge in [0, 0.05) is 17.6 Å². The van der Waals surface area contributed by atoms with Crippen molar-refractivity contribution in [2.45, 2.75) is 26.2 Å². The molecule has 0 bridgehead atoms. The Morgan fingerprint density at radius 3 is 2.76 bits per heavy atom. The van der Waals surface area contributed by atoms with E-state index in [9.17, 15) is 4.79 Å². The molecule has 1 heterocycles. The number of unbranched alkanes of at least 4 members (excludes halogenated alkanes) is 1. The molecule has 2 rings (SSSR count). The highest BCUT2D eigenvalue weighted by Gasteiger charge is 2.14. The van der Waals surface area contributed by atoms with Gasteiger partial charge in [0.2, 0.25) is 0 Å². The minimum atomic E-state index is -0.258. The maximum absolute atomic E-state index is 11.3. The third-order valence-corrected chi connectivity index (χ3v) is 4.04. The number of methoxy groups -OCH3 is 1. The van der Waals surface area contributed by atoms with Gasteiger partial charge in [0.1, 0.15) is 0 Å². The van der Waals surface area contributed by atoms with E-state index in [1.807, 2.05) is 23.6 Å². The lowest BCUT2D eigenvalue weighted by atomic mass is 10.2. The molecular weight excluding hydrogens is 284 g/mol. The third kappa shape index (κ3) is 4.29. The number of para-hydroxylation sites is 1. The van der Waals surface area contributed by atoms with E-state index < -0.39 is 0 Å². The number of ether oxygens (including phenoxy) is 1. The number of carbonyl (C=O) groups excluding carboxylic acids is 1. The average Bonchev–Trinajstić information content (AvgIpc) is 2.97. The van der Waals surface area contributed by atoms with Gasteiger partial charge in [0.05, 0.1) is 19.2 Å². The predicted octanol–water partition coefficient (Wildman–Crippen LogP) is 3.80. The summed E-state index contributed by atoms with van der Waals surface area (Å²) >= 11 is 1.56. The zero-order valence-electron chi connectivity index (χ0n) is 12.4. The van der Waals surface area contributed by atoms with Crippen LogP contribution >= 0.6 is 11.3 Å². The number of esters is 1. The third-order valence-electron chi connectivity index (χ3n) is 3.13. The number of anilines is 2. The van der Waals surface area contributed by atoms with Gasteiger partial charge in [-0.1, -0.05) is 31.5 Å². The van der Waals surface area contributed by atoms with Crippen molar-refractivity contribution in [3.05, 3.63) is 41.4 Å². The fraction of sp³-hybridized carbons (Fsp3) is 0.375. The molecule has 4 nitrogen and oxygen atoms in total. The van der Waals surface area contributed by atoms with Crippen molar-refractivity contribution in [2.75, 3.05) is 18.6 Å². The number of thiazole rings is 1. The van der Waals surface area contributed by atoms with Crippen LogP contribution < -0.4 is 4.90 Å². The van der Waals surface area contributed by atoms with Crippen molar-refractivity contribution in [1.82, 2.24) is 4.98 Å². The summed E-state index contributed by atoms with van der Waals surface area (Å²) in [6.45, 7) is 3.10. The van der Waals surface area contributed by atoms with Gasteiger partial charge < -0.3 is 9.64 Å². The first kappa shape index (κ1) is 15.5. The van der Waals surface area contributed by atoms with E-state index in [2.05, 4.69) is 33.7 Å². The summed E-state index contributed by atoms with van der Waals surface area (Å²) in [5.74, 6) is -0.258. The van der Waals surface area contributed by atoms with Crippen molar-refractivity contribution in [1.29, 1.82) is 0 Å². The molecule has 0 amide bonds. The fourth-order valence-electron chi connectivity index (χ4n) is 1.98. The Labute approximate surface area is 129 Å². The summed E-state index contributed by atoms with van der Waals surface area (Å²) in [6.07, 6.45) is 2.45. The molecule has 5 heteroatoms. The van der Waals surface area contributed by atoms with Crippen LogP contribution in [0, 0.1) is 0 Å². The number of benzene rings is 1. The Hall–Kier alpha value is -1.88. The Morgan fingerprint density at radius 1 is 1.33 bits per heavy atom. The number of rotatable bonds is 7. The lowest BCUT2D eigenvalue weighted by Crippen LogP contribution is -2.18. The Kier molecular flexibility index (Phi) is 5.75. The van der Waals surface area contributed by atoms with Crippen molar-refractivity contribution in [3.63, 3.8) is 0 Å². The highest BCUT2D eigenvalue weighted by atomic mass is 32.1. The molecule has 0 radical (unpaired) electrons. The van der Waals surface area contributed by atoms with Crippen molar-refractivity contribution in [3.8, 4) is 0 Å². The molecule has 2 aromatic rings. The molecule has 1 aromatic heterocycles. The maximum atomic E-state index is 11.3. The van der Waals surface area contributed by atoms with E-state index >= 15 is 0 Å². The largest absolute Gasteiger partial charge is 0.469 e. The normalized spacial score (nSPS) is 10.4. The SMILES string of the molecule is CCCCN(c1ccccc1)c1nc(CC(=O)OC)cs1. The van der Waals surface area contributed by atoms with Gasteiger partial charge in [0.15, 0.2) is 5.13 Å². The smallest absolute Gasteiger partial charge is 0.311 e. The zero-order chi connectivity index (χ0) is 15.1. The second kappa shape index (κ2) is 7.78. The Balaban J connectivity index is 2.19. The van der Waals surface area contributed by atoms with Crippen LogP contribution in [-0.4, -0.2) is 24.6 Å². The van der Waals surface area contributed by atoms with Crippen LogP contribution in [0.4, 0.5) is 10.8 Å². The lowest BCUT2D eigenvalue weighted by Gasteiger charge is -2.21. The van der Waals surface area contributed by atoms with Gasteiger partial charge in [-0.05, 0) is 18.6 Å². The molecule has 0 N–H and O–H groups in total. The van der Waals surface area contributed by atoms with E-state index in [1.54, 1.807) is 11.3 Å². The lowest BCUT2D eigenvalue weighted by molar-refractivity contribution is -0.139. The second-order valence-corrected chi connectivity index (χ2v) is 5.55. The second-order valence-electron chi connectivity index (χ2n) is 4.72. The molecule has 0 aliphatic heterocycles. The number of hydrogen-bond acceptors (Lipinski definition) is 5. The summed E-state index contributed by atoms with van der Waals surface area (Å²) < 4.78 is 4.69. The molecular formula is C16H20N2O2S. The van der Waals surface area contributed by atoms with Gasteiger partial charge in [-0.2, -0.15) is 0 Å². The van der Waals surface area contributed by atoms with Gasteiger partial charge in [-0.3, -0.25) is 4.79 Å². The topological polar surface area (TPSA) is 42.4 Å². The maximum Gasteiger partial charge on any atom is 0.311 e. The monoisotopic (exact) mass is 304 g/mol. The molecule has 0 aliphatic carbocycles. The average molecular weight is 304 g/mol. The van der Waals surface area contributed by atoms with Crippen LogP contribution in [0.3, 0.4) is 0 Å². The van der Waals surface area contributed by atoms with Crippen LogP contribution in [0.2, 0.25) is 0 Å². The number of nitrogens with zero attached hydrogens (tertiary/aromatic N) is 2. The number of aromatic nitrogens is 1. The Bertz CT molecular complexity index is 569. The van der Waals surface area contributed by atoms with Crippen LogP contribution in [0.15, 0.2) is 35.7 Å². The molecule has 112 valence electrons. The summed E-state index contributed by atoms with van der Waals surface area (Å²) in [4.78, 5) is 18.1. The van der Waals surface area contributed by atoms with E-state index in [1.165, 1.54) is 7.11 Å². The van der Waals surface area contributed by atoms with Crippen LogP contribution in [0.5, 0.6) is 0 Å². The van der Waals surface area contributed by atoms with Crippen LogP contribution in [0.1, 0.15) is 25.5 Å². The highest BCUT2D eigenvalue weighted by molar-refractivity contribution is 7.13. The van der Waals surface area contributed by atoms with E-state index in [0.29, 0.717) is 0 Å². The minimum absolute atomic E-state index is 0.226. The number of carbonyl (C=O) groups is 1. The molecule has 21 heavy (non-hydrogen) atoms. The van der Waals surface area contributed by atoms with Crippen molar-refractivity contribution >= 4 is 28.1 Å². The zero-order valence-corrected chi connectivity index (χ0v) is 13.2. The first-order valence-corrected chi connectivity index (χ1v) is 7.96. The fourth-order valence-corrected chi connectivity index (χ4v) is 2.85. The number of hydrogen-bond donors (Lipinski definition) is 0. The van der Waals surface area contributed by atoms with Crippen molar-refractivity contribution < 1.29 is 9.53 Å².